The van der Waals surface area contributed by atoms with Crippen LogP contribution in [0.1, 0.15) is 104 Å². The molecule has 1 heterocycles. The highest BCUT2D eigenvalue weighted by atomic mass is 16.7. The Hall–Kier alpha value is -0.0800. The van der Waals surface area contributed by atoms with Crippen molar-refractivity contribution in [1.29, 1.82) is 0 Å². The Bertz CT molecular complexity index is 216. The predicted molar refractivity (Wildman–Crippen MR) is 95.2 cm³/mol. The van der Waals surface area contributed by atoms with Crippen molar-refractivity contribution >= 4 is 0 Å². The lowest BCUT2D eigenvalue weighted by Crippen LogP contribution is -2.37. The average Bonchev–Trinajstić information content (AvgIpc) is 2.55. The molecule has 0 aromatic carbocycles. The van der Waals surface area contributed by atoms with Crippen LogP contribution in [0, 0.1) is 5.41 Å². The second kappa shape index (κ2) is 13.4. The van der Waals surface area contributed by atoms with Crippen LogP contribution in [0.3, 0.4) is 0 Å². The third-order valence-electron chi connectivity index (χ3n) is 5.10. The summed E-state index contributed by atoms with van der Waals surface area (Å²) in [4.78, 5) is 0. The summed E-state index contributed by atoms with van der Waals surface area (Å²) in [7, 11) is 0. The van der Waals surface area contributed by atoms with E-state index >= 15 is 0 Å². The Morgan fingerprint density at radius 1 is 0.591 bits per heavy atom. The van der Waals surface area contributed by atoms with Gasteiger partial charge in [0.1, 0.15) is 6.79 Å². The van der Waals surface area contributed by atoms with Gasteiger partial charge in [-0.1, -0.05) is 90.9 Å². The molecule has 0 spiro atoms. The van der Waals surface area contributed by atoms with Crippen molar-refractivity contribution < 1.29 is 9.47 Å². The number of unbranched alkanes of at least 4 members (excludes halogenated alkanes) is 10. The van der Waals surface area contributed by atoms with Gasteiger partial charge in [-0.2, -0.15) is 0 Å². The van der Waals surface area contributed by atoms with Crippen molar-refractivity contribution in [2.24, 2.45) is 5.41 Å². The molecule has 22 heavy (non-hydrogen) atoms. The number of ether oxygens (including phenoxy) is 2. The van der Waals surface area contributed by atoms with Crippen LogP contribution in [0.25, 0.3) is 0 Å². The zero-order valence-electron chi connectivity index (χ0n) is 15.3. The van der Waals surface area contributed by atoms with Crippen LogP contribution in [-0.4, -0.2) is 20.0 Å². The minimum Gasteiger partial charge on any atom is -0.355 e. The minimum absolute atomic E-state index is 0.327. The van der Waals surface area contributed by atoms with Crippen molar-refractivity contribution in [2.45, 2.75) is 104 Å². The van der Waals surface area contributed by atoms with Gasteiger partial charge in [-0.15, -0.1) is 0 Å². The lowest BCUT2D eigenvalue weighted by molar-refractivity contribution is -0.169. The third kappa shape index (κ3) is 9.15. The van der Waals surface area contributed by atoms with E-state index in [-0.39, 0.29) is 0 Å². The largest absolute Gasteiger partial charge is 0.355 e. The van der Waals surface area contributed by atoms with E-state index in [1.165, 1.54) is 89.9 Å². The second-order valence-electron chi connectivity index (χ2n) is 7.35. The summed E-state index contributed by atoms with van der Waals surface area (Å²) >= 11 is 0. The first-order valence-corrected chi connectivity index (χ1v) is 9.98. The van der Waals surface area contributed by atoms with Gasteiger partial charge in [0, 0.05) is 5.41 Å². The molecule has 1 aliphatic heterocycles. The zero-order chi connectivity index (χ0) is 15.9. The molecule has 1 aliphatic rings. The summed E-state index contributed by atoms with van der Waals surface area (Å²) in [6, 6.07) is 0. The molecule has 1 rings (SSSR count). The van der Waals surface area contributed by atoms with Gasteiger partial charge in [0.15, 0.2) is 0 Å². The minimum atomic E-state index is 0.327. The van der Waals surface area contributed by atoms with E-state index in [4.69, 9.17) is 9.47 Å². The fourth-order valence-electron chi connectivity index (χ4n) is 3.59. The molecular formula is C20H40O2. The molecule has 0 unspecified atom stereocenters. The van der Waals surface area contributed by atoms with E-state index < -0.39 is 0 Å². The van der Waals surface area contributed by atoms with Crippen molar-refractivity contribution in [3.63, 3.8) is 0 Å². The molecule has 0 saturated carbocycles. The molecule has 0 aliphatic carbocycles. The van der Waals surface area contributed by atoms with Gasteiger partial charge in [0.2, 0.25) is 0 Å². The maximum Gasteiger partial charge on any atom is 0.146 e. The quantitative estimate of drug-likeness (QED) is 0.342. The summed E-state index contributed by atoms with van der Waals surface area (Å²) in [6.45, 7) is 6.93. The van der Waals surface area contributed by atoms with Gasteiger partial charge in [-0.3, -0.25) is 0 Å². The fraction of sp³-hybridized carbons (Fsp3) is 1.00. The Morgan fingerprint density at radius 2 is 1.00 bits per heavy atom. The Kier molecular flexibility index (Phi) is 12.1. The normalized spacial score (nSPS) is 17.7. The molecule has 2 heteroatoms. The third-order valence-corrected chi connectivity index (χ3v) is 5.10. The zero-order valence-corrected chi connectivity index (χ0v) is 15.3. The number of hydrogen-bond donors (Lipinski definition) is 0. The molecule has 1 fully saturated rings. The van der Waals surface area contributed by atoms with E-state index in [0.29, 0.717) is 12.2 Å². The van der Waals surface area contributed by atoms with Gasteiger partial charge < -0.3 is 9.47 Å². The average molecular weight is 313 g/mol. The maximum atomic E-state index is 5.65. The molecular weight excluding hydrogens is 272 g/mol. The van der Waals surface area contributed by atoms with E-state index in [1.54, 1.807) is 0 Å². The highest BCUT2D eigenvalue weighted by molar-refractivity contribution is 4.80. The predicted octanol–water partition coefficient (Wildman–Crippen LogP) is 6.48. The SMILES string of the molecule is CCCCCCCCC1(CCCCCCCC)COCOC1. The number of rotatable bonds is 14. The molecule has 0 aromatic heterocycles. The van der Waals surface area contributed by atoms with Crippen LogP contribution < -0.4 is 0 Å². The monoisotopic (exact) mass is 312 g/mol. The highest BCUT2D eigenvalue weighted by Gasteiger charge is 2.32. The second-order valence-corrected chi connectivity index (χ2v) is 7.35. The molecule has 132 valence electrons. The Labute approximate surface area is 139 Å². The van der Waals surface area contributed by atoms with Gasteiger partial charge in [-0.05, 0) is 12.8 Å². The van der Waals surface area contributed by atoms with Crippen LogP contribution in [0.15, 0.2) is 0 Å². The van der Waals surface area contributed by atoms with Crippen molar-refractivity contribution in [1.82, 2.24) is 0 Å². The van der Waals surface area contributed by atoms with Crippen LogP contribution >= 0.6 is 0 Å². The van der Waals surface area contributed by atoms with Crippen molar-refractivity contribution in [2.75, 3.05) is 20.0 Å². The summed E-state index contributed by atoms with van der Waals surface area (Å²) < 4.78 is 11.3. The molecule has 1 saturated heterocycles. The Balaban J connectivity index is 2.17. The molecule has 2 nitrogen and oxygen atoms in total. The summed E-state index contributed by atoms with van der Waals surface area (Å²) in [5.74, 6) is 0. The summed E-state index contributed by atoms with van der Waals surface area (Å²) in [5, 5.41) is 0. The topological polar surface area (TPSA) is 18.5 Å². The lowest BCUT2D eigenvalue weighted by atomic mass is 9.79. The first-order valence-electron chi connectivity index (χ1n) is 9.98. The van der Waals surface area contributed by atoms with Gasteiger partial charge in [0.05, 0.1) is 13.2 Å². The molecule has 0 aromatic rings. The van der Waals surface area contributed by atoms with E-state index in [0.717, 1.165) is 13.2 Å². The van der Waals surface area contributed by atoms with E-state index in [9.17, 15) is 0 Å². The first kappa shape index (κ1) is 20.0. The molecule has 0 atom stereocenters. The molecule has 0 radical (unpaired) electrons. The summed E-state index contributed by atoms with van der Waals surface area (Å²) in [6.07, 6.45) is 19.2. The smallest absolute Gasteiger partial charge is 0.146 e. The van der Waals surface area contributed by atoms with Gasteiger partial charge in [-0.25, -0.2) is 0 Å². The maximum absolute atomic E-state index is 5.65. The van der Waals surface area contributed by atoms with Crippen LogP contribution in [0.5, 0.6) is 0 Å². The van der Waals surface area contributed by atoms with Gasteiger partial charge >= 0.3 is 0 Å². The molecule has 0 N–H and O–H groups in total. The fourth-order valence-corrected chi connectivity index (χ4v) is 3.59. The van der Waals surface area contributed by atoms with Crippen LogP contribution in [0.2, 0.25) is 0 Å². The first-order chi connectivity index (χ1) is 10.8. The van der Waals surface area contributed by atoms with Crippen molar-refractivity contribution in [3.05, 3.63) is 0 Å². The molecule has 0 bridgehead atoms. The molecule has 0 amide bonds. The highest BCUT2D eigenvalue weighted by Crippen LogP contribution is 2.35. The van der Waals surface area contributed by atoms with Crippen LogP contribution in [0.4, 0.5) is 0 Å². The Morgan fingerprint density at radius 3 is 1.45 bits per heavy atom. The van der Waals surface area contributed by atoms with Crippen molar-refractivity contribution in [3.8, 4) is 0 Å². The van der Waals surface area contributed by atoms with E-state index in [2.05, 4.69) is 13.8 Å². The number of hydrogen-bond acceptors (Lipinski definition) is 2. The summed E-state index contributed by atoms with van der Waals surface area (Å²) in [5.41, 5.74) is 0.327. The van der Waals surface area contributed by atoms with Crippen LogP contribution in [-0.2, 0) is 9.47 Å². The van der Waals surface area contributed by atoms with Gasteiger partial charge in [0.25, 0.3) is 0 Å². The lowest BCUT2D eigenvalue weighted by Gasteiger charge is -2.37. The van der Waals surface area contributed by atoms with E-state index in [1.807, 2.05) is 0 Å². The standard InChI is InChI=1S/C20H40O2/c1-3-5-7-9-11-13-15-20(17-21-19-22-18-20)16-14-12-10-8-6-4-2/h3-19H2,1-2H3.